The molecule has 0 bridgehead atoms. The Morgan fingerprint density at radius 1 is 0.792 bits per heavy atom. The molecule has 128 valence electrons. The van der Waals surface area contributed by atoms with Crippen molar-refractivity contribution in [1.82, 2.24) is 30.1 Å². The predicted octanol–water partition coefficient (Wildman–Crippen LogP) is 2.12. The lowest BCUT2D eigenvalue weighted by molar-refractivity contribution is 0.551. The molecule has 8 nitrogen and oxygen atoms in total. The number of anilines is 2. The number of H-pyrrole nitrogens is 1. The van der Waals surface area contributed by atoms with E-state index in [4.69, 9.17) is 4.98 Å². The SMILES string of the molecule is c1n[nH]c(Sc2nc(N3CCCCC3)nc(N3CCCCC3)n2)n1. The predicted molar refractivity (Wildman–Crippen MR) is 92.5 cm³/mol. The van der Waals surface area contributed by atoms with Crippen molar-refractivity contribution in [2.75, 3.05) is 36.0 Å². The Bertz CT molecular complexity index is 613. The highest BCUT2D eigenvalue weighted by Crippen LogP contribution is 2.26. The number of aromatic amines is 1. The summed E-state index contributed by atoms with van der Waals surface area (Å²) in [6.45, 7) is 4.09. The minimum atomic E-state index is 0.683. The summed E-state index contributed by atoms with van der Waals surface area (Å²) in [4.78, 5) is 22.9. The fourth-order valence-corrected chi connectivity index (χ4v) is 3.81. The second kappa shape index (κ2) is 7.33. The van der Waals surface area contributed by atoms with Crippen LogP contribution in [0.25, 0.3) is 0 Å². The first-order valence-electron chi connectivity index (χ1n) is 8.68. The van der Waals surface area contributed by atoms with Crippen molar-refractivity contribution in [2.45, 2.75) is 48.8 Å². The molecule has 0 amide bonds. The highest BCUT2D eigenvalue weighted by Gasteiger charge is 2.20. The highest BCUT2D eigenvalue weighted by atomic mass is 32.2. The molecule has 0 radical (unpaired) electrons. The minimum Gasteiger partial charge on any atom is -0.341 e. The summed E-state index contributed by atoms with van der Waals surface area (Å²) >= 11 is 1.41. The summed E-state index contributed by atoms with van der Waals surface area (Å²) in [7, 11) is 0. The van der Waals surface area contributed by atoms with Gasteiger partial charge in [0.25, 0.3) is 0 Å². The fourth-order valence-electron chi connectivity index (χ4n) is 3.18. The van der Waals surface area contributed by atoms with Gasteiger partial charge in [-0.05, 0) is 50.3 Å². The van der Waals surface area contributed by atoms with Gasteiger partial charge in [0.2, 0.25) is 17.1 Å². The van der Waals surface area contributed by atoms with Gasteiger partial charge in [-0.25, -0.2) is 4.98 Å². The van der Waals surface area contributed by atoms with Gasteiger partial charge in [-0.2, -0.15) is 20.1 Å². The van der Waals surface area contributed by atoms with Crippen molar-refractivity contribution < 1.29 is 0 Å². The molecule has 2 aromatic heterocycles. The lowest BCUT2D eigenvalue weighted by atomic mass is 10.1. The molecule has 1 N–H and O–H groups in total. The van der Waals surface area contributed by atoms with Crippen LogP contribution in [-0.4, -0.2) is 56.3 Å². The summed E-state index contributed by atoms with van der Waals surface area (Å²) in [6.07, 6.45) is 8.90. The molecule has 2 aromatic rings. The quantitative estimate of drug-likeness (QED) is 0.901. The molecule has 0 aromatic carbocycles. The summed E-state index contributed by atoms with van der Waals surface area (Å²) in [6, 6.07) is 0. The molecule has 9 heteroatoms. The average Bonchev–Trinajstić information content (AvgIpc) is 3.16. The zero-order valence-corrected chi connectivity index (χ0v) is 14.5. The van der Waals surface area contributed by atoms with Crippen LogP contribution in [0.15, 0.2) is 16.6 Å². The molecule has 0 aliphatic carbocycles. The maximum Gasteiger partial charge on any atom is 0.231 e. The molecule has 2 fully saturated rings. The second-order valence-electron chi connectivity index (χ2n) is 6.21. The topological polar surface area (TPSA) is 86.7 Å². The van der Waals surface area contributed by atoms with E-state index in [1.807, 2.05) is 0 Å². The number of nitrogens with zero attached hydrogens (tertiary/aromatic N) is 7. The van der Waals surface area contributed by atoms with E-state index in [9.17, 15) is 0 Å². The van der Waals surface area contributed by atoms with Crippen molar-refractivity contribution >= 4 is 23.7 Å². The average molecular weight is 346 g/mol. The number of piperidine rings is 2. The molecule has 0 spiro atoms. The first kappa shape index (κ1) is 15.6. The molecular formula is C15H22N8S. The van der Waals surface area contributed by atoms with Crippen molar-refractivity contribution in [3.63, 3.8) is 0 Å². The largest absolute Gasteiger partial charge is 0.341 e. The molecule has 2 aliphatic heterocycles. The van der Waals surface area contributed by atoms with Crippen LogP contribution in [0.1, 0.15) is 38.5 Å². The van der Waals surface area contributed by atoms with E-state index in [1.54, 1.807) is 0 Å². The van der Waals surface area contributed by atoms with E-state index < -0.39 is 0 Å². The van der Waals surface area contributed by atoms with Gasteiger partial charge in [0.05, 0.1) is 0 Å². The molecular weight excluding hydrogens is 324 g/mol. The van der Waals surface area contributed by atoms with Gasteiger partial charge in [-0.1, -0.05) is 0 Å². The highest BCUT2D eigenvalue weighted by molar-refractivity contribution is 7.99. The smallest absolute Gasteiger partial charge is 0.231 e. The molecule has 4 rings (SSSR count). The van der Waals surface area contributed by atoms with E-state index in [0.29, 0.717) is 10.3 Å². The van der Waals surface area contributed by atoms with Crippen molar-refractivity contribution in [2.24, 2.45) is 0 Å². The van der Waals surface area contributed by atoms with E-state index in [0.717, 1.165) is 38.1 Å². The standard InChI is InChI=1S/C15H22N8S/c1-3-7-22(8-4-1)12-18-13(23-9-5-2-6-10-23)20-15(19-12)24-14-16-11-17-21-14/h11H,1-10H2,(H,16,17,21). The van der Waals surface area contributed by atoms with Gasteiger partial charge in [-0.15, -0.1) is 0 Å². The van der Waals surface area contributed by atoms with Crippen molar-refractivity contribution in [1.29, 1.82) is 0 Å². The van der Waals surface area contributed by atoms with Gasteiger partial charge in [0, 0.05) is 26.2 Å². The van der Waals surface area contributed by atoms with Crippen LogP contribution in [0.2, 0.25) is 0 Å². The summed E-state index contributed by atoms with van der Waals surface area (Å²) in [5.41, 5.74) is 0. The minimum absolute atomic E-state index is 0.683. The maximum absolute atomic E-state index is 4.78. The Kier molecular flexibility index (Phi) is 4.77. The van der Waals surface area contributed by atoms with Crippen LogP contribution < -0.4 is 9.80 Å². The summed E-state index contributed by atoms with van der Waals surface area (Å²) in [5.74, 6) is 1.60. The first-order chi connectivity index (χ1) is 11.9. The lowest BCUT2D eigenvalue weighted by Gasteiger charge is -2.30. The molecule has 2 aliphatic rings. The van der Waals surface area contributed by atoms with Gasteiger partial charge in [0.1, 0.15) is 6.33 Å². The normalized spacial score (nSPS) is 18.8. The Hall–Kier alpha value is -1.90. The van der Waals surface area contributed by atoms with E-state index in [-0.39, 0.29) is 0 Å². The number of aromatic nitrogens is 6. The molecule has 0 atom stereocenters. The van der Waals surface area contributed by atoms with Crippen molar-refractivity contribution in [3.05, 3.63) is 6.33 Å². The summed E-state index contributed by atoms with van der Waals surface area (Å²) < 4.78 is 0. The number of nitrogens with one attached hydrogen (secondary N) is 1. The maximum atomic E-state index is 4.78. The molecule has 24 heavy (non-hydrogen) atoms. The number of hydrogen-bond donors (Lipinski definition) is 1. The van der Waals surface area contributed by atoms with Crippen LogP contribution in [0.3, 0.4) is 0 Å². The van der Waals surface area contributed by atoms with Crippen LogP contribution in [0, 0.1) is 0 Å². The molecule has 4 heterocycles. The first-order valence-corrected chi connectivity index (χ1v) is 9.49. The molecule has 2 saturated heterocycles. The van der Waals surface area contributed by atoms with E-state index >= 15 is 0 Å². The molecule has 0 unspecified atom stereocenters. The Labute approximate surface area is 145 Å². The monoisotopic (exact) mass is 346 g/mol. The van der Waals surface area contributed by atoms with Gasteiger partial charge in [-0.3, -0.25) is 5.10 Å². The Balaban J connectivity index is 1.63. The van der Waals surface area contributed by atoms with Gasteiger partial charge in [0.15, 0.2) is 5.16 Å². The lowest BCUT2D eigenvalue weighted by Crippen LogP contribution is -2.34. The van der Waals surface area contributed by atoms with Crippen LogP contribution >= 0.6 is 11.8 Å². The molecule has 0 saturated carbocycles. The Morgan fingerprint density at radius 3 is 1.88 bits per heavy atom. The van der Waals surface area contributed by atoms with Crippen LogP contribution in [0.5, 0.6) is 0 Å². The fraction of sp³-hybridized carbons (Fsp3) is 0.667. The Morgan fingerprint density at radius 2 is 1.38 bits per heavy atom. The zero-order valence-electron chi connectivity index (χ0n) is 13.7. The number of hydrogen-bond acceptors (Lipinski definition) is 8. The van der Waals surface area contributed by atoms with E-state index in [2.05, 4.69) is 34.9 Å². The van der Waals surface area contributed by atoms with Gasteiger partial charge < -0.3 is 9.80 Å². The summed E-state index contributed by atoms with van der Waals surface area (Å²) in [5, 5.41) is 8.14. The third-order valence-corrected chi connectivity index (χ3v) is 5.21. The van der Waals surface area contributed by atoms with Crippen LogP contribution in [0.4, 0.5) is 11.9 Å². The number of rotatable bonds is 4. The van der Waals surface area contributed by atoms with Crippen LogP contribution in [-0.2, 0) is 0 Å². The third kappa shape index (κ3) is 3.61. The van der Waals surface area contributed by atoms with Crippen molar-refractivity contribution in [3.8, 4) is 0 Å². The second-order valence-corrected chi connectivity index (χ2v) is 7.16. The third-order valence-electron chi connectivity index (χ3n) is 4.45. The van der Waals surface area contributed by atoms with E-state index in [1.165, 1.54) is 56.6 Å². The zero-order chi connectivity index (χ0) is 16.2. The van der Waals surface area contributed by atoms with Gasteiger partial charge >= 0.3 is 0 Å².